The average molecular weight is 393 g/mol. The third kappa shape index (κ3) is 4.08. The van der Waals surface area contributed by atoms with E-state index in [9.17, 15) is 21.6 Å². The zero-order chi connectivity index (χ0) is 17.5. The van der Waals surface area contributed by atoms with Crippen LogP contribution >= 0.6 is 12.4 Å². The minimum Gasteiger partial charge on any atom is -0.327 e. The number of rotatable bonds is 4. The van der Waals surface area contributed by atoms with Crippen molar-refractivity contribution in [1.82, 2.24) is 0 Å². The quantitative estimate of drug-likeness (QED) is 0.830. The summed E-state index contributed by atoms with van der Waals surface area (Å²) in [5, 5.41) is 0. The Morgan fingerprint density at radius 2 is 1.64 bits per heavy atom. The van der Waals surface area contributed by atoms with E-state index < -0.39 is 15.5 Å². The first kappa shape index (κ1) is 19.6. The highest BCUT2D eigenvalue weighted by molar-refractivity contribution is 7.93. The topological polar surface area (TPSA) is 72.2 Å². The molecule has 0 amide bonds. The number of nitrogens with one attached hydrogen (secondary N) is 1. The summed E-state index contributed by atoms with van der Waals surface area (Å²) in [4.78, 5) is 0. The normalized spacial score (nSPS) is 19.8. The second-order valence-corrected chi connectivity index (χ2v) is 7.40. The van der Waals surface area contributed by atoms with E-state index in [1.165, 1.54) is 6.07 Å². The van der Waals surface area contributed by atoms with Gasteiger partial charge >= 0.3 is 15.5 Å². The van der Waals surface area contributed by atoms with E-state index in [4.69, 9.17) is 5.73 Å². The molecule has 0 radical (unpaired) electrons. The van der Waals surface area contributed by atoms with Crippen LogP contribution in [0.5, 0.6) is 0 Å². The fourth-order valence-corrected chi connectivity index (χ4v) is 3.14. The highest BCUT2D eigenvalue weighted by atomic mass is 35.5. The predicted octanol–water partition coefficient (Wildman–Crippen LogP) is 3.85. The molecule has 9 heteroatoms. The Morgan fingerprint density at radius 3 is 2.16 bits per heavy atom. The van der Waals surface area contributed by atoms with Gasteiger partial charge < -0.3 is 5.73 Å². The molecule has 2 atom stereocenters. The Labute approximate surface area is 149 Å². The third-order valence-corrected chi connectivity index (χ3v) is 5.05. The molecule has 0 aliphatic heterocycles. The smallest absolute Gasteiger partial charge is 0.327 e. The van der Waals surface area contributed by atoms with E-state index in [1.807, 2.05) is 6.07 Å². The maximum Gasteiger partial charge on any atom is 0.516 e. The molecule has 25 heavy (non-hydrogen) atoms. The molecular formula is C16H16ClF3N2O2S. The van der Waals surface area contributed by atoms with Gasteiger partial charge in [0.25, 0.3) is 0 Å². The number of alkyl halides is 3. The van der Waals surface area contributed by atoms with Crippen molar-refractivity contribution in [3.05, 3.63) is 54.1 Å². The molecule has 0 heterocycles. The molecule has 1 fully saturated rings. The highest BCUT2D eigenvalue weighted by Crippen LogP contribution is 2.44. The fraction of sp³-hybridized carbons (Fsp3) is 0.250. The summed E-state index contributed by atoms with van der Waals surface area (Å²) in [7, 11) is -5.49. The van der Waals surface area contributed by atoms with E-state index in [1.54, 1.807) is 41.1 Å². The van der Waals surface area contributed by atoms with Crippen LogP contribution in [-0.2, 0) is 10.0 Å². The maximum absolute atomic E-state index is 12.7. The van der Waals surface area contributed by atoms with Crippen LogP contribution in [0.1, 0.15) is 17.9 Å². The first-order valence-electron chi connectivity index (χ1n) is 7.23. The molecular weight excluding hydrogens is 377 g/mol. The van der Waals surface area contributed by atoms with Crippen molar-refractivity contribution in [2.45, 2.75) is 23.9 Å². The summed E-state index contributed by atoms with van der Waals surface area (Å²) in [5.41, 5.74) is 2.19. The lowest BCUT2D eigenvalue weighted by Crippen LogP contribution is -2.30. The lowest BCUT2D eigenvalue weighted by molar-refractivity contribution is -0.0429. The van der Waals surface area contributed by atoms with Gasteiger partial charge in [-0.2, -0.15) is 21.6 Å². The van der Waals surface area contributed by atoms with Crippen molar-refractivity contribution in [1.29, 1.82) is 0 Å². The van der Waals surface area contributed by atoms with Crippen LogP contribution in [0.2, 0.25) is 0 Å². The molecule has 0 spiro atoms. The Bertz CT molecular complexity index is 857. The zero-order valence-corrected chi connectivity index (χ0v) is 14.5. The Hall–Kier alpha value is -1.77. The van der Waals surface area contributed by atoms with Crippen LogP contribution in [-0.4, -0.2) is 20.0 Å². The summed E-state index contributed by atoms with van der Waals surface area (Å²) < 4.78 is 62.7. The van der Waals surface area contributed by atoms with E-state index in [0.29, 0.717) is 17.5 Å². The highest BCUT2D eigenvalue weighted by Gasteiger charge is 2.47. The molecule has 2 aromatic rings. The molecule has 2 unspecified atom stereocenters. The van der Waals surface area contributed by atoms with Gasteiger partial charge in [-0.05, 0) is 29.2 Å². The number of hydrogen-bond donors (Lipinski definition) is 2. The van der Waals surface area contributed by atoms with Crippen molar-refractivity contribution >= 4 is 28.1 Å². The van der Waals surface area contributed by atoms with Crippen molar-refractivity contribution < 1.29 is 21.6 Å². The van der Waals surface area contributed by atoms with Crippen LogP contribution in [0.4, 0.5) is 18.9 Å². The Balaban J connectivity index is 0.00000225. The van der Waals surface area contributed by atoms with Gasteiger partial charge in [0.2, 0.25) is 0 Å². The summed E-state index contributed by atoms with van der Waals surface area (Å²) in [6, 6.07) is 13.6. The van der Waals surface area contributed by atoms with Crippen molar-refractivity contribution in [2.24, 2.45) is 5.73 Å². The van der Waals surface area contributed by atoms with E-state index in [0.717, 1.165) is 5.56 Å². The van der Waals surface area contributed by atoms with E-state index in [-0.39, 0.29) is 30.1 Å². The first-order valence-corrected chi connectivity index (χ1v) is 8.71. The molecule has 136 valence electrons. The molecule has 0 aromatic heterocycles. The molecule has 2 aromatic carbocycles. The van der Waals surface area contributed by atoms with Crippen molar-refractivity contribution in [3.8, 4) is 11.1 Å². The minimum atomic E-state index is -5.49. The van der Waals surface area contributed by atoms with Gasteiger partial charge in [0, 0.05) is 12.0 Å². The Morgan fingerprint density at radius 1 is 1.04 bits per heavy atom. The van der Waals surface area contributed by atoms with Gasteiger partial charge in [0.15, 0.2) is 0 Å². The number of benzene rings is 2. The third-order valence-electron chi connectivity index (χ3n) is 3.95. The van der Waals surface area contributed by atoms with Gasteiger partial charge in [-0.15, -0.1) is 12.4 Å². The standard InChI is InChI=1S/C16H15F3N2O2S.ClH/c17-16(18,19)24(22,23)21-15-8-11(10-4-2-1-3-5-10)6-7-12(15)13-9-14(13)20;/h1-8,13-14,21H,9,20H2;1H. The maximum atomic E-state index is 12.7. The van der Waals surface area contributed by atoms with Crippen LogP contribution in [0.15, 0.2) is 48.5 Å². The molecule has 3 N–H and O–H groups in total. The predicted molar refractivity (Wildman–Crippen MR) is 93.1 cm³/mol. The van der Waals surface area contributed by atoms with Crippen LogP contribution in [0.25, 0.3) is 11.1 Å². The number of sulfonamides is 1. The second-order valence-electron chi connectivity index (χ2n) is 5.73. The van der Waals surface area contributed by atoms with Gasteiger partial charge in [-0.25, -0.2) is 0 Å². The zero-order valence-electron chi connectivity index (χ0n) is 12.8. The molecule has 1 saturated carbocycles. The molecule has 1 aliphatic carbocycles. The second kappa shape index (κ2) is 6.86. The van der Waals surface area contributed by atoms with Gasteiger partial charge in [-0.1, -0.05) is 42.5 Å². The van der Waals surface area contributed by atoms with E-state index >= 15 is 0 Å². The average Bonchev–Trinajstić information content (AvgIpc) is 3.23. The molecule has 0 bridgehead atoms. The minimum absolute atomic E-state index is 0. The molecule has 3 rings (SSSR count). The lowest BCUT2D eigenvalue weighted by atomic mass is 10.0. The monoisotopic (exact) mass is 392 g/mol. The van der Waals surface area contributed by atoms with Crippen molar-refractivity contribution in [2.75, 3.05) is 4.72 Å². The van der Waals surface area contributed by atoms with Gasteiger partial charge in [0.05, 0.1) is 5.69 Å². The van der Waals surface area contributed by atoms with Crippen LogP contribution in [0, 0.1) is 0 Å². The van der Waals surface area contributed by atoms with Crippen LogP contribution in [0.3, 0.4) is 0 Å². The van der Waals surface area contributed by atoms with Crippen LogP contribution < -0.4 is 10.5 Å². The summed E-state index contributed by atoms with van der Waals surface area (Å²) in [5.74, 6) is -0.138. The number of anilines is 1. The Kier molecular flexibility index (Phi) is 5.36. The van der Waals surface area contributed by atoms with Crippen molar-refractivity contribution in [3.63, 3.8) is 0 Å². The van der Waals surface area contributed by atoms with E-state index in [2.05, 4.69) is 0 Å². The largest absolute Gasteiger partial charge is 0.516 e. The molecule has 1 aliphatic rings. The number of nitrogens with two attached hydrogens (primary N) is 1. The fourth-order valence-electron chi connectivity index (χ4n) is 2.55. The van der Waals surface area contributed by atoms with Gasteiger partial charge in [0.1, 0.15) is 0 Å². The lowest BCUT2D eigenvalue weighted by Gasteiger charge is -2.15. The first-order chi connectivity index (χ1) is 11.2. The molecule has 0 saturated heterocycles. The molecule has 4 nitrogen and oxygen atoms in total. The number of hydrogen-bond acceptors (Lipinski definition) is 3. The summed E-state index contributed by atoms with van der Waals surface area (Å²) in [6.45, 7) is 0. The SMILES string of the molecule is Cl.NC1CC1c1ccc(-c2ccccc2)cc1NS(=O)(=O)C(F)(F)F. The van der Waals surface area contributed by atoms with Gasteiger partial charge in [-0.3, -0.25) is 4.72 Å². The summed E-state index contributed by atoms with van der Waals surface area (Å²) >= 11 is 0. The number of halogens is 4. The summed E-state index contributed by atoms with van der Waals surface area (Å²) in [6.07, 6.45) is 0.616.